The van der Waals surface area contributed by atoms with Crippen LogP contribution >= 0.6 is 0 Å². The molecule has 0 radical (unpaired) electrons. The molecule has 3 rings (SSSR count). The highest BCUT2D eigenvalue weighted by Gasteiger charge is 2.24. The summed E-state index contributed by atoms with van der Waals surface area (Å²) in [5.74, 6) is 0.502. The zero-order valence-corrected chi connectivity index (χ0v) is 12.2. The molecule has 0 spiro atoms. The number of anilines is 1. The summed E-state index contributed by atoms with van der Waals surface area (Å²) >= 11 is 0. The largest absolute Gasteiger partial charge is 0.489 e. The van der Waals surface area contributed by atoms with Gasteiger partial charge in [-0.25, -0.2) is 4.39 Å². The van der Waals surface area contributed by atoms with E-state index < -0.39 is 0 Å². The maximum atomic E-state index is 13.2. The number of fused-ring (bicyclic) bond motifs is 1. The van der Waals surface area contributed by atoms with Crippen molar-refractivity contribution in [3.63, 3.8) is 0 Å². The second kappa shape index (κ2) is 6.05. The SMILES string of the molecule is Cc1ccccc1OCC(=O)N1CCOc2cc(F)ccc21. The van der Waals surface area contributed by atoms with Crippen LogP contribution in [-0.4, -0.2) is 25.7 Å². The Bertz CT molecular complexity index is 702. The van der Waals surface area contributed by atoms with E-state index in [9.17, 15) is 9.18 Å². The lowest BCUT2D eigenvalue weighted by molar-refractivity contribution is -0.120. The van der Waals surface area contributed by atoms with Gasteiger partial charge in [0.25, 0.3) is 5.91 Å². The number of benzene rings is 2. The highest BCUT2D eigenvalue weighted by atomic mass is 19.1. The zero-order chi connectivity index (χ0) is 15.5. The molecule has 2 aromatic carbocycles. The van der Waals surface area contributed by atoms with Gasteiger partial charge in [-0.05, 0) is 30.7 Å². The number of carbonyl (C=O) groups is 1. The number of amides is 1. The van der Waals surface area contributed by atoms with Crippen LogP contribution < -0.4 is 14.4 Å². The fourth-order valence-electron chi connectivity index (χ4n) is 2.39. The molecular weight excluding hydrogens is 285 g/mol. The molecule has 0 saturated heterocycles. The Morgan fingerprint density at radius 3 is 2.95 bits per heavy atom. The molecule has 0 aliphatic carbocycles. The smallest absolute Gasteiger partial charge is 0.265 e. The number of rotatable bonds is 3. The summed E-state index contributed by atoms with van der Waals surface area (Å²) in [5.41, 5.74) is 1.55. The van der Waals surface area contributed by atoms with Crippen molar-refractivity contribution in [2.45, 2.75) is 6.92 Å². The molecule has 0 N–H and O–H groups in total. The quantitative estimate of drug-likeness (QED) is 0.875. The van der Waals surface area contributed by atoms with E-state index in [0.29, 0.717) is 30.3 Å². The Hall–Kier alpha value is -2.56. The topological polar surface area (TPSA) is 38.8 Å². The van der Waals surface area contributed by atoms with Gasteiger partial charge in [0.1, 0.15) is 23.9 Å². The summed E-state index contributed by atoms with van der Waals surface area (Å²) in [5, 5.41) is 0. The molecule has 0 unspecified atom stereocenters. The fraction of sp³-hybridized carbons (Fsp3) is 0.235. The molecule has 22 heavy (non-hydrogen) atoms. The van der Waals surface area contributed by atoms with Gasteiger partial charge in [-0.3, -0.25) is 4.79 Å². The van der Waals surface area contributed by atoms with Gasteiger partial charge in [-0.2, -0.15) is 0 Å². The van der Waals surface area contributed by atoms with E-state index in [1.54, 1.807) is 11.0 Å². The molecule has 1 heterocycles. The van der Waals surface area contributed by atoms with Gasteiger partial charge in [0.2, 0.25) is 0 Å². The lowest BCUT2D eigenvalue weighted by Gasteiger charge is -2.29. The van der Waals surface area contributed by atoms with E-state index in [2.05, 4.69) is 0 Å². The van der Waals surface area contributed by atoms with Crippen LogP contribution in [0.5, 0.6) is 11.5 Å². The summed E-state index contributed by atoms with van der Waals surface area (Å²) in [4.78, 5) is 13.9. The van der Waals surface area contributed by atoms with Crippen LogP contribution in [0.3, 0.4) is 0 Å². The van der Waals surface area contributed by atoms with Crippen molar-refractivity contribution >= 4 is 11.6 Å². The molecule has 0 fully saturated rings. The van der Waals surface area contributed by atoms with Crippen LogP contribution in [0.15, 0.2) is 42.5 Å². The number of aryl methyl sites for hydroxylation is 1. The summed E-state index contributed by atoms with van der Waals surface area (Å²) in [6, 6.07) is 11.7. The second-order valence-corrected chi connectivity index (χ2v) is 5.06. The van der Waals surface area contributed by atoms with E-state index >= 15 is 0 Å². The van der Waals surface area contributed by atoms with Crippen LogP contribution in [-0.2, 0) is 4.79 Å². The van der Waals surface area contributed by atoms with Gasteiger partial charge in [0, 0.05) is 6.07 Å². The first-order chi connectivity index (χ1) is 10.6. The molecule has 1 amide bonds. The molecular formula is C17H16FNO3. The first-order valence-electron chi connectivity index (χ1n) is 7.06. The van der Waals surface area contributed by atoms with Crippen LogP contribution in [0.4, 0.5) is 10.1 Å². The van der Waals surface area contributed by atoms with Gasteiger partial charge in [0.15, 0.2) is 6.61 Å². The van der Waals surface area contributed by atoms with E-state index in [4.69, 9.17) is 9.47 Å². The summed E-state index contributed by atoms with van der Waals surface area (Å²) in [7, 11) is 0. The van der Waals surface area contributed by atoms with Crippen molar-refractivity contribution in [3.05, 3.63) is 53.8 Å². The molecule has 0 aromatic heterocycles. The molecule has 0 bridgehead atoms. The Labute approximate surface area is 128 Å². The third-order valence-corrected chi connectivity index (χ3v) is 3.53. The van der Waals surface area contributed by atoms with Gasteiger partial charge in [-0.15, -0.1) is 0 Å². The predicted octanol–water partition coefficient (Wildman–Crippen LogP) is 2.94. The Morgan fingerprint density at radius 2 is 2.14 bits per heavy atom. The number of carbonyl (C=O) groups excluding carboxylic acids is 1. The van der Waals surface area contributed by atoms with Gasteiger partial charge < -0.3 is 14.4 Å². The third-order valence-electron chi connectivity index (χ3n) is 3.53. The molecule has 4 nitrogen and oxygen atoms in total. The molecule has 1 aliphatic rings. The normalized spacial score (nSPS) is 13.3. The van der Waals surface area contributed by atoms with Gasteiger partial charge in [-0.1, -0.05) is 18.2 Å². The predicted molar refractivity (Wildman–Crippen MR) is 80.9 cm³/mol. The number of nitrogens with zero attached hydrogens (tertiary/aromatic N) is 1. The van der Waals surface area contributed by atoms with Crippen molar-refractivity contribution in [2.24, 2.45) is 0 Å². The molecule has 0 atom stereocenters. The van der Waals surface area contributed by atoms with Crippen molar-refractivity contribution in [1.29, 1.82) is 0 Å². The van der Waals surface area contributed by atoms with E-state index in [-0.39, 0.29) is 18.3 Å². The molecule has 0 saturated carbocycles. The van der Waals surface area contributed by atoms with Crippen molar-refractivity contribution in [3.8, 4) is 11.5 Å². The number of hydrogen-bond acceptors (Lipinski definition) is 3. The van der Waals surface area contributed by atoms with Gasteiger partial charge >= 0.3 is 0 Å². The average molecular weight is 301 g/mol. The first-order valence-corrected chi connectivity index (χ1v) is 7.06. The average Bonchev–Trinajstić information content (AvgIpc) is 2.53. The molecule has 2 aromatic rings. The standard InChI is InChI=1S/C17H16FNO3/c1-12-4-2-3-5-15(12)22-11-17(20)19-8-9-21-16-10-13(18)6-7-14(16)19/h2-7,10H,8-9,11H2,1H3. The highest BCUT2D eigenvalue weighted by Crippen LogP contribution is 2.32. The lowest BCUT2D eigenvalue weighted by Crippen LogP contribution is -2.40. The summed E-state index contributed by atoms with van der Waals surface area (Å²) in [6.07, 6.45) is 0. The highest BCUT2D eigenvalue weighted by molar-refractivity contribution is 5.96. The minimum Gasteiger partial charge on any atom is -0.489 e. The van der Waals surface area contributed by atoms with E-state index in [0.717, 1.165) is 5.56 Å². The minimum absolute atomic E-state index is 0.0678. The van der Waals surface area contributed by atoms with E-state index in [1.165, 1.54) is 12.1 Å². The summed E-state index contributed by atoms with van der Waals surface area (Å²) in [6.45, 7) is 2.62. The molecule has 114 valence electrons. The first kappa shape index (κ1) is 14.4. The third kappa shape index (κ3) is 2.88. The monoisotopic (exact) mass is 301 g/mol. The van der Waals surface area contributed by atoms with Crippen LogP contribution in [0.2, 0.25) is 0 Å². The van der Waals surface area contributed by atoms with Crippen LogP contribution in [0.25, 0.3) is 0 Å². The number of halogens is 1. The number of para-hydroxylation sites is 1. The Morgan fingerprint density at radius 1 is 1.32 bits per heavy atom. The fourth-order valence-corrected chi connectivity index (χ4v) is 2.39. The number of ether oxygens (including phenoxy) is 2. The van der Waals surface area contributed by atoms with Crippen LogP contribution in [0, 0.1) is 12.7 Å². The maximum absolute atomic E-state index is 13.2. The Balaban J connectivity index is 1.73. The zero-order valence-electron chi connectivity index (χ0n) is 12.2. The minimum atomic E-state index is -0.385. The van der Waals surface area contributed by atoms with Crippen molar-refractivity contribution in [1.82, 2.24) is 0 Å². The van der Waals surface area contributed by atoms with Crippen molar-refractivity contribution in [2.75, 3.05) is 24.7 Å². The summed E-state index contributed by atoms with van der Waals surface area (Å²) < 4.78 is 24.2. The Kier molecular flexibility index (Phi) is 3.96. The lowest BCUT2D eigenvalue weighted by atomic mass is 10.2. The second-order valence-electron chi connectivity index (χ2n) is 5.06. The van der Waals surface area contributed by atoms with E-state index in [1.807, 2.05) is 31.2 Å². The van der Waals surface area contributed by atoms with Crippen LogP contribution in [0.1, 0.15) is 5.56 Å². The molecule has 5 heteroatoms. The maximum Gasteiger partial charge on any atom is 0.265 e. The number of hydrogen-bond donors (Lipinski definition) is 0. The molecule has 1 aliphatic heterocycles. The van der Waals surface area contributed by atoms with Gasteiger partial charge in [0.05, 0.1) is 12.2 Å². The van der Waals surface area contributed by atoms with Crippen molar-refractivity contribution < 1.29 is 18.7 Å².